The van der Waals surface area contributed by atoms with Gasteiger partial charge in [-0.2, -0.15) is 0 Å². The molecule has 1 aliphatic rings. The molecule has 0 spiro atoms. The van der Waals surface area contributed by atoms with Crippen LogP contribution in [0.3, 0.4) is 0 Å². The molecule has 4 heteroatoms. The fourth-order valence-electron chi connectivity index (χ4n) is 4.33. The van der Waals surface area contributed by atoms with Crippen LogP contribution in [-0.4, -0.2) is 25.7 Å². The van der Waals surface area contributed by atoms with Crippen molar-refractivity contribution in [1.29, 1.82) is 0 Å². The standard InChI is InChI=1S/C25H35NO3/c1-16-12-20-21(25(5,6)11-10-24(20,3)4)14-18(16)13-19-8-9-22(29-19)23(27)26-17(2)15-28-7/h8-9,12,14,17H,10-11,13,15H2,1-7H3,(H,26,27). The number of carbonyl (C=O) groups is 1. The molecule has 1 aliphatic carbocycles. The van der Waals surface area contributed by atoms with Gasteiger partial charge in [-0.15, -0.1) is 0 Å². The number of hydrogen-bond acceptors (Lipinski definition) is 3. The SMILES string of the molecule is COCC(C)NC(=O)c1ccc(Cc2cc3c(cc2C)C(C)(C)CCC3(C)C)o1. The van der Waals surface area contributed by atoms with Crippen LogP contribution in [0.15, 0.2) is 28.7 Å². The highest BCUT2D eigenvalue weighted by atomic mass is 16.5. The number of methoxy groups -OCH3 is 1. The summed E-state index contributed by atoms with van der Waals surface area (Å²) in [6, 6.07) is 8.34. The molecule has 1 amide bonds. The maximum atomic E-state index is 12.4. The predicted molar refractivity (Wildman–Crippen MR) is 117 cm³/mol. The van der Waals surface area contributed by atoms with Crippen LogP contribution in [0.5, 0.6) is 0 Å². The van der Waals surface area contributed by atoms with E-state index in [4.69, 9.17) is 9.15 Å². The van der Waals surface area contributed by atoms with Gasteiger partial charge in [0.1, 0.15) is 5.76 Å². The van der Waals surface area contributed by atoms with Crippen LogP contribution in [-0.2, 0) is 22.0 Å². The maximum absolute atomic E-state index is 12.4. The summed E-state index contributed by atoms with van der Waals surface area (Å²) in [4.78, 5) is 12.4. The number of aryl methyl sites for hydroxylation is 1. The molecule has 0 saturated carbocycles. The zero-order valence-corrected chi connectivity index (χ0v) is 18.9. The lowest BCUT2D eigenvalue weighted by Crippen LogP contribution is -2.35. The van der Waals surface area contributed by atoms with E-state index in [1.54, 1.807) is 13.2 Å². The number of benzene rings is 1. The fourth-order valence-corrected chi connectivity index (χ4v) is 4.33. The number of fused-ring (bicyclic) bond motifs is 1. The Morgan fingerprint density at radius 3 is 2.38 bits per heavy atom. The van der Waals surface area contributed by atoms with Gasteiger partial charge in [0.05, 0.1) is 6.61 Å². The summed E-state index contributed by atoms with van der Waals surface area (Å²) >= 11 is 0. The van der Waals surface area contributed by atoms with Crippen LogP contribution >= 0.6 is 0 Å². The topological polar surface area (TPSA) is 51.5 Å². The first-order valence-electron chi connectivity index (χ1n) is 10.6. The Balaban J connectivity index is 1.83. The van der Waals surface area contributed by atoms with E-state index in [1.807, 2.05) is 13.0 Å². The van der Waals surface area contributed by atoms with Crippen molar-refractivity contribution in [3.05, 3.63) is 58.0 Å². The Hall–Kier alpha value is -2.07. The summed E-state index contributed by atoms with van der Waals surface area (Å²) in [5, 5.41) is 2.89. The lowest BCUT2D eigenvalue weighted by Gasteiger charge is -2.42. The van der Waals surface area contributed by atoms with Crippen molar-refractivity contribution >= 4 is 5.91 Å². The minimum absolute atomic E-state index is 0.0606. The minimum Gasteiger partial charge on any atom is -0.456 e. The lowest BCUT2D eigenvalue weighted by molar-refractivity contribution is 0.0876. The zero-order valence-electron chi connectivity index (χ0n) is 18.9. The first-order valence-corrected chi connectivity index (χ1v) is 10.6. The van der Waals surface area contributed by atoms with Crippen molar-refractivity contribution in [2.75, 3.05) is 13.7 Å². The second kappa shape index (κ2) is 7.98. The average molecular weight is 398 g/mol. The van der Waals surface area contributed by atoms with Crippen molar-refractivity contribution < 1.29 is 13.9 Å². The molecule has 1 N–H and O–H groups in total. The van der Waals surface area contributed by atoms with Crippen LogP contribution in [0, 0.1) is 6.92 Å². The molecule has 4 nitrogen and oxygen atoms in total. The number of amides is 1. The summed E-state index contributed by atoms with van der Waals surface area (Å²) in [5.41, 5.74) is 5.87. The van der Waals surface area contributed by atoms with Gasteiger partial charge >= 0.3 is 0 Å². The van der Waals surface area contributed by atoms with Gasteiger partial charge in [-0.3, -0.25) is 4.79 Å². The first kappa shape index (κ1) is 21.6. The van der Waals surface area contributed by atoms with Gasteiger partial charge in [0.2, 0.25) is 0 Å². The molecule has 3 rings (SSSR count). The molecule has 1 aromatic carbocycles. The summed E-state index contributed by atoms with van der Waals surface area (Å²) < 4.78 is 10.9. The summed E-state index contributed by atoms with van der Waals surface area (Å²) in [6.45, 7) is 13.9. The van der Waals surface area contributed by atoms with Gasteiger partial charge in [0, 0.05) is 19.6 Å². The Labute approximate surface area is 175 Å². The molecule has 0 bridgehead atoms. The van der Waals surface area contributed by atoms with Crippen LogP contribution < -0.4 is 5.32 Å². The van der Waals surface area contributed by atoms with Gasteiger partial charge in [-0.05, 0) is 71.9 Å². The number of furan rings is 1. The van der Waals surface area contributed by atoms with Crippen LogP contribution in [0.25, 0.3) is 0 Å². The van der Waals surface area contributed by atoms with Crippen molar-refractivity contribution in [2.24, 2.45) is 0 Å². The monoisotopic (exact) mass is 397 g/mol. The Bertz CT molecular complexity index is 891. The molecule has 1 atom stereocenters. The van der Waals surface area contributed by atoms with Crippen molar-refractivity contribution in [2.45, 2.75) is 77.7 Å². The normalized spacial score (nSPS) is 18.2. The van der Waals surface area contributed by atoms with Crippen molar-refractivity contribution in [3.8, 4) is 0 Å². The van der Waals surface area contributed by atoms with Crippen LogP contribution in [0.2, 0.25) is 0 Å². The van der Waals surface area contributed by atoms with Gasteiger partial charge in [-0.1, -0.05) is 39.8 Å². The molecule has 158 valence electrons. The molecular weight excluding hydrogens is 362 g/mol. The predicted octanol–water partition coefficient (Wildman–Crippen LogP) is 5.29. The highest BCUT2D eigenvalue weighted by Crippen LogP contribution is 2.46. The third-order valence-corrected chi connectivity index (χ3v) is 6.35. The van der Waals surface area contributed by atoms with Crippen LogP contribution in [0.1, 0.15) is 86.0 Å². The second-order valence-electron chi connectivity index (χ2n) is 9.86. The van der Waals surface area contributed by atoms with E-state index >= 15 is 0 Å². The van der Waals surface area contributed by atoms with E-state index in [9.17, 15) is 4.79 Å². The number of rotatable bonds is 6. The highest BCUT2D eigenvalue weighted by Gasteiger charge is 2.37. The number of nitrogens with one attached hydrogen (secondary N) is 1. The Morgan fingerprint density at radius 1 is 1.14 bits per heavy atom. The molecule has 0 saturated heterocycles. The van der Waals surface area contributed by atoms with E-state index < -0.39 is 0 Å². The zero-order chi connectivity index (χ0) is 21.4. The molecule has 1 heterocycles. The Morgan fingerprint density at radius 2 is 1.76 bits per heavy atom. The summed E-state index contributed by atoms with van der Waals surface area (Å²) in [6.07, 6.45) is 3.10. The summed E-state index contributed by atoms with van der Waals surface area (Å²) in [5.74, 6) is 0.955. The maximum Gasteiger partial charge on any atom is 0.287 e. The average Bonchev–Trinajstić information content (AvgIpc) is 3.09. The molecule has 29 heavy (non-hydrogen) atoms. The van der Waals surface area contributed by atoms with Crippen molar-refractivity contribution in [1.82, 2.24) is 5.32 Å². The van der Waals surface area contributed by atoms with Gasteiger partial charge in [0.25, 0.3) is 5.91 Å². The van der Waals surface area contributed by atoms with Gasteiger partial charge < -0.3 is 14.5 Å². The molecular formula is C25H35NO3. The van der Waals surface area contributed by atoms with E-state index in [0.717, 1.165) is 5.76 Å². The number of carbonyl (C=O) groups excluding carboxylic acids is 1. The Kier molecular flexibility index (Phi) is 5.96. The molecule has 1 unspecified atom stereocenters. The van der Waals surface area contributed by atoms with Crippen molar-refractivity contribution in [3.63, 3.8) is 0 Å². The summed E-state index contributed by atoms with van der Waals surface area (Å²) in [7, 11) is 1.62. The number of ether oxygens (including phenoxy) is 1. The molecule has 2 aromatic rings. The van der Waals surface area contributed by atoms with E-state index in [-0.39, 0.29) is 22.8 Å². The molecule has 1 aromatic heterocycles. The van der Waals surface area contributed by atoms with E-state index in [2.05, 4.69) is 52.1 Å². The number of hydrogen-bond donors (Lipinski definition) is 1. The third-order valence-electron chi connectivity index (χ3n) is 6.35. The lowest BCUT2D eigenvalue weighted by atomic mass is 9.62. The molecule has 0 radical (unpaired) electrons. The van der Waals surface area contributed by atoms with Crippen LogP contribution in [0.4, 0.5) is 0 Å². The largest absolute Gasteiger partial charge is 0.456 e. The quantitative estimate of drug-likeness (QED) is 0.720. The first-order chi connectivity index (χ1) is 13.5. The highest BCUT2D eigenvalue weighted by molar-refractivity contribution is 5.91. The van der Waals surface area contributed by atoms with Gasteiger partial charge in [0.15, 0.2) is 5.76 Å². The minimum atomic E-state index is -0.203. The fraction of sp³-hybridized carbons (Fsp3) is 0.560. The molecule has 0 aliphatic heterocycles. The van der Waals surface area contributed by atoms with Gasteiger partial charge in [-0.25, -0.2) is 0 Å². The molecule has 0 fully saturated rings. The van der Waals surface area contributed by atoms with E-state index in [1.165, 1.54) is 35.1 Å². The second-order valence-corrected chi connectivity index (χ2v) is 9.86. The third kappa shape index (κ3) is 4.58. The smallest absolute Gasteiger partial charge is 0.287 e. The van der Waals surface area contributed by atoms with E-state index in [0.29, 0.717) is 18.8 Å².